The Morgan fingerprint density at radius 2 is 1.70 bits per heavy atom. The van der Waals surface area contributed by atoms with Crippen LogP contribution in [0, 0.1) is 0 Å². The fourth-order valence-electron chi connectivity index (χ4n) is 2.78. The predicted molar refractivity (Wildman–Crippen MR) is 85.1 cm³/mol. The molecule has 0 aromatic heterocycles. The quantitative estimate of drug-likeness (QED) is 0.709. The number of carbonyl (C=O) groups is 1. The van der Waals surface area contributed by atoms with Crippen LogP contribution in [-0.2, 0) is 0 Å². The van der Waals surface area contributed by atoms with E-state index in [1.54, 1.807) is 18.2 Å². The van der Waals surface area contributed by atoms with Crippen molar-refractivity contribution in [3.8, 4) is 0 Å². The summed E-state index contributed by atoms with van der Waals surface area (Å²) in [5, 5.41) is 0.964. The number of amides is 1. The van der Waals surface area contributed by atoms with E-state index in [-0.39, 0.29) is 11.9 Å². The summed E-state index contributed by atoms with van der Waals surface area (Å²) in [5.41, 5.74) is 0.540. The molecule has 0 atom stereocenters. The van der Waals surface area contributed by atoms with Crippen molar-refractivity contribution >= 4 is 40.7 Å². The first-order valence-corrected chi connectivity index (χ1v) is 8.24. The van der Waals surface area contributed by atoms with Crippen molar-refractivity contribution in [3.63, 3.8) is 0 Å². The molecule has 2 nitrogen and oxygen atoms in total. The monoisotopic (exact) mass is 333 g/mol. The van der Waals surface area contributed by atoms with Crippen LogP contribution in [0.25, 0.3) is 0 Å². The van der Waals surface area contributed by atoms with Gasteiger partial charge in [-0.3, -0.25) is 4.79 Å². The van der Waals surface area contributed by atoms with Crippen LogP contribution in [0.4, 0.5) is 0 Å². The Morgan fingerprint density at radius 1 is 1.10 bits per heavy atom. The molecule has 1 amide bonds. The predicted octanol–water partition coefficient (Wildman–Crippen LogP) is 5.01. The molecule has 0 radical (unpaired) electrons. The molecule has 1 aromatic rings. The Kier molecular flexibility index (Phi) is 6.01. The molecule has 0 heterocycles. The number of halogens is 3. The van der Waals surface area contributed by atoms with E-state index in [0.717, 1.165) is 12.8 Å². The molecule has 2 rings (SSSR count). The Hall–Kier alpha value is -0.440. The third-order valence-electron chi connectivity index (χ3n) is 3.71. The standard InChI is InChI=1S/C15H18Cl3NO/c16-6-7-19(14-4-2-1-3-5-14)15(20)11-8-12(17)10-13(18)9-11/h8-10,14H,1-7H2. The zero-order chi connectivity index (χ0) is 14.5. The smallest absolute Gasteiger partial charge is 0.254 e. The van der Waals surface area contributed by atoms with Gasteiger partial charge in [0.2, 0.25) is 0 Å². The van der Waals surface area contributed by atoms with Crippen LogP contribution in [0.5, 0.6) is 0 Å². The molecule has 1 fully saturated rings. The minimum atomic E-state index is -0.0260. The maximum Gasteiger partial charge on any atom is 0.254 e. The second-order valence-electron chi connectivity index (χ2n) is 5.14. The van der Waals surface area contributed by atoms with Crippen LogP contribution < -0.4 is 0 Å². The van der Waals surface area contributed by atoms with Crippen molar-refractivity contribution in [1.29, 1.82) is 0 Å². The molecule has 0 N–H and O–H groups in total. The van der Waals surface area contributed by atoms with E-state index in [1.807, 2.05) is 4.90 Å². The summed E-state index contributed by atoms with van der Waals surface area (Å²) in [4.78, 5) is 14.6. The third kappa shape index (κ3) is 4.03. The summed E-state index contributed by atoms with van der Waals surface area (Å²) in [6, 6.07) is 5.25. The lowest BCUT2D eigenvalue weighted by atomic mass is 9.93. The number of alkyl halides is 1. The molecule has 5 heteroatoms. The van der Waals surface area contributed by atoms with Crippen molar-refractivity contribution in [2.45, 2.75) is 38.1 Å². The Balaban J connectivity index is 2.20. The van der Waals surface area contributed by atoms with Crippen molar-refractivity contribution < 1.29 is 4.79 Å². The largest absolute Gasteiger partial charge is 0.334 e. The molecule has 1 saturated carbocycles. The van der Waals surface area contributed by atoms with Gasteiger partial charge in [-0.2, -0.15) is 0 Å². The van der Waals surface area contributed by atoms with Crippen LogP contribution in [0.15, 0.2) is 18.2 Å². The SMILES string of the molecule is O=C(c1cc(Cl)cc(Cl)c1)N(CCCl)C1CCCCC1. The maximum absolute atomic E-state index is 12.7. The summed E-state index contributed by atoms with van der Waals surface area (Å²) in [5.74, 6) is 0.415. The minimum Gasteiger partial charge on any atom is -0.334 e. The van der Waals surface area contributed by atoms with Gasteiger partial charge < -0.3 is 4.90 Å². The van der Waals surface area contributed by atoms with E-state index in [9.17, 15) is 4.79 Å². The molecule has 1 aliphatic carbocycles. The number of carbonyl (C=O) groups excluding carboxylic acids is 1. The highest BCUT2D eigenvalue weighted by Gasteiger charge is 2.26. The average Bonchev–Trinajstić information content (AvgIpc) is 2.44. The first kappa shape index (κ1) is 15.9. The molecular formula is C15H18Cl3NO. The first-order valence-electron chi connectivity index (χ1n) is 6.95. The summed E-state index contributed by atoms with van der Waals surface area (Å²) < 4.78 is 0. The third-order valence-corrected chi connectivity index (χ3v) is 4.32. The van der Waals surface area contributed by atoms with Gasteiger partial charge in [0.25, 0.3) is 5.91 Å². The molecule has 0 aliphatic heterocycles. The number of benzene rings is 1. The second kappa shape index (κ2) is 7.53. The number of hydrogen-bond acceptors (Lipinski definition) is 1. The number of rotatable bonds is 4. The van der Waals surface area contributed by atoms with Gasteiger partial charge in [0.15, 0.2) is 0 Å². The maximum atomic E-state index is 12.7. The summed E-state index contributed by atoms with van der Waals surface area (Å²) >= 11 is 17.8. The molecule has 0 saturated heterocycles. The molecule has 1 aliphatic rings. The molecule has 0 unspecified atom stereocenters. The molecule has 0 bridgehead atoms. The summed E-state index contributed by atoms with van der Waals surface area (Å²) in [6.45, 7) is 0.565. The highest BCUT2D eigenvalue weighted by atomic mass is 35.5. The lowest BCUT2D eigenvalue weighted by molar-refractivity contribution is 0.0649. The summed E-state index contributed by atoms with van der Waals surface area (Å²) in [7, 11) is 0. The van der Waals surface area contributed by atoms with Crippen LogP contribution in [0.3, 0.4) is 0 Å². The fraction of sp³-hybridized carbons (Fsp3) is 0.533. The topological polar surface area (TPSA) is 20.3 Å². The molecule has 0 spiro atoms. The zero-order valence-electron chi connectivity index (χ0n) is 11.2. The van der Waals surface area contributed by atoms with Crippen molar-refractivity contribution in [3.05, 3.63) is 33.8 Å². The highest BCUT2D eigenvalue weighted by molar-refractivity contribution is 6.35. The lowest BCUT2D eigenvalue weighted by Crippen LogP contribution is -2.42. The molecule has 110 valence electrons. The van der Waals surface area contributed by atoms with Gasteiger partial charge in [-0.25, -0.2) is 0 Å². The van der Waals surface area contributed by atoms with Crippen molar-refractivity contribution in [2.24, 2.45) is 0 Å². The van der Waals surface area contributed by atoms with E-state index in [1.165, 1.54) is 19.3 Å². The van der Waals surface area contributed by atoms with Crippen LogP contribution in [-0.4, -0.2) is 29.3 Å². The Bertz CT molecular complexity index is 452. The highest BCUT2D eigenvalue weighted by Crippen LogP contribution is 2.26. The molecule has 20 heavy (non-hydrogen) atoms. The van der Waals surface area contributed by atoms with Gasteiger partial charge >= 0.3 is 0 Å². The van der Waals surface area contributed by atoms with Crippen LogP contribution in [0.2, 0.25) is 10.0 Å². The average molecular weight is 335 g/mol. The van der Waals surface area contributed by atoms with E-state index in [2.05, 4.69) is 0 Å². The van der Waals surface area contributed by atoms with Gasteiger partial charge in [-0.05, 0) is 31.0 Å². The number of nitrogens with zero attached hydrogens (tertiary/aromatic N) is 1. The first-order chi connectivity index (χ1) is 9.61. The normalized spacial score (nSPS) is 16.1. The van der Waals surface area contributed by atoms with Crippen LogP contribution >= 0.6 is 34.8 Å². The van der Waals surface area contributed by atoms with E-state index < -0.39 is 0 Å². The molecular weight excluding hydrogens is 317 g/mol. The number of hydrogen-bond donors (Lipinski definition) is 0. The van der Waals surface area contributed by atoms with Gasteiger partial charge in [0.05, 0.1) is 0 Å². The van der Waals surface area contributed by atoms with E-state index in [0.29, 0.717) is 28.0 Å². The van der Waals surface area contributed by atoms with Crippen LogP contribution in [0.1, 0.15) is 42.5 Å². The summed E-state index contributed by atoms with van der Waals surface area (Å²) in [6.07, 6.45) is 5.70. The van der Waals surface area contributed by atoms with Gasteiger partial charge in [-0.1, -0.05) is 42.5 Å². The molecule has 1 aromatic carbocycles. The van der Waals surface area contributed by atoms with Crippen molar-refractivity contribution in [1.82, 2.24) is 4.90 Å². The lowest BCUT2D eigenvalue weighted by Gasteiger charge is -2.34. The Labute approximate surface area is 135 Å². The van der Waals surface area contributed by atoms with E-state index >= 15 is 0 Å². The zero-order valence-corrected chi connectivity index (χ0v) is 13.5. The van der Waals surface area contributed by atoms with E-state index in [4.69, 9.17) is 34.8 Å². The fourth-order valence-corrected chi connectivity index (χ4v) is 3.48. The van der Waals surface area contributed by atoms with Gasteiger partial charge in [-0.15, -0.1) is 11.6 Å². The van der Waals surface area contributed by atoms with Gasteiger partial charge in [0.1, 0.15) is 0 Å². The van der Waals surface area contributed by atoms with Crippen molar-refractivity contribution in [2.75, 3.05) is 12.4 Å². The minimum absolute atomic E-state index is 0.0260. The second-order valence-corrected chi connectivity index (χ2v) is 6.39. The Morgan fingerprint density at radius 3 is 2.25 bits per heavy atom. The van der Waals surface area contributed by atoms with Gasteiger partial charge in [0, 0.05) is 34.1 Å².